The number of amides is 1. The third-order valence-electron chi connectivity index (χ3n) is 2.23. The molecule has 1 aromatic rings. The van der Waals surface area contributed by atoms with Crippen molar-refractivity contribution in [1.29, 1.82) is 0 Å². The fourth-order valence-corrected chi connectivity index (χ4v) is 1.47. The zero-order chi connectivity index (χ0) is 13.9. The minimum atomic E-state index is -2.04. The van der Waals surface area contributed by atoms with Gasteiger partial charge in [-0.2, -0.15) is 0 Å². The first kappa shape index (κ1) is 14.8. The summed E-state index contributed by atoms with van der Waals surface area (Å²) in [5, 5.41) is 20.9. The van der Waals surface area contributed by atoms with E-state index in [4.69, 9.17) is 28.3 Å². The van der Waals surface area contributed by atoms with Gasteiger partial charge in [0.05, 0.1) is 17.1 Å². The second kappa shape index (κ2) is 5.56. The maximum absolute atomic E-state index is 11.7. The minimum Gasteiger partial charge on any atom is -0.479 e. The molecule has 1 atom stereocenters. The Labute approximate surface area is 113 Å². The number of carboxylic acid groups (broad SMARTS) is 1. The molecule has 0 heterocycles. The van der Waals surface area contributed by atoms with Gasteiger partial charge in [0.15, 0.2) is 5.60 Å². The number of aliphatic hydroxyl groups is 1. The number of carboxylic acids is 1. The molecule has 1 aromatic carbocycles. The Kier molecular flexibility index (Phi) is 4.56. The van der Waals surface area contributed by atoms with Crippen molar-refractivity contribution in [1.82, 2.24) is 5.32 Å². The average molecular weight is 292 g/mol. The Hall–Kier alpha value is -1.30. The van der Waals surface area contributed by atoms with Gasteiger partial charge >= 0.3 is 5.97 Å². The van der Waals surface area contributed by atoms with Crippen molar-refractivity contribution in [3.63, 3.8) is 0 Å². The standard InChI is InChI=1S/C11H11Cl2NO4/c1-11(18,10(16)17)5-14-9(15)7-4-6(12)2-3-8(7)13/h2-4,18H,5H2,1H3,(H,14,15)(H,16,17). The lowest BCUT2D eigenvalue weighted by Crippen LogP contribution is -2.46. The highest BCUT2D eigenvalue weighted by molar-refractivity contribution is 6.35. The average Bonchev–Trinajstić information content (AvgIpc) is 2.29. The Morgan fingerprint density at radius 2 is 2.00 bits per heavy atom. The van der Waals surface area contributed by atoms with Crippen LogP contribution in [0, 0.1) is 0 Å². The van der Waals surface area contributed by atoms with Crippen LogP contribution in [0.2, 0.25) is 10.0 Å². The normalized spacial score (nSPS) is 13.8. The first-order valence-corrected chi connectivity index (χ1v) is 5.68. The molecule has 0 aromatic heterocycles. The molecule has 3 N–H and O–H groups in total. The zero-order valence-electron chi connectivity index (χ0n) is 9.41. The molecule has 18 heavy (non-hydrogen) atoms. The van der Waals surface area contributed by atoms with Gasteiger partial charge in [0, 0.05) is 5.02 Å². The van der Waals surface area contributed by atoms with E-state index < -0.39 is 24.0 Å². The molecular weight excluding hydrogens is 281 g/mol. The number of benzene rings is 1. The number of nitrogens with one attached hydrogen (secondary N) is 1. The number of carbonyl (C=O) groups excluding carboxylic acids is 1. The van der Waals surface area contributed by atoms with E-state index in [9.17, 15) is 14.7 Å². The molecule has 98 valence electrons. The highest BCUT2D eigenvalue weighted by Gasteiger charge is 2.30. The van der Waals surface area contributed by atoms with Crippen LogP contribution < -0.4 is 5.32 Å². The summed E-state index contributed by atoms with van der Waals surface area (Å²) in [6.07, 6.45) is 0. The Balaban J connectivity index is 2.78. The first-order valence-electron chi connectivity index (χ1n) is 4.93. The molecule has 0 fully saturated rings. The number of rotatable bonds is 4. The van der Waals surface area contributed by atoms with Gasteiger partial charge in [-0.05, 0) is 25.1 Å². The van der Waals surface area contributed by atoms with Crippen LogP contribution in [0.25, 0.3) is 0 Å². The van der Waals surface area contributed by atoms with Crippen molar-refractivity contribution in [2.45, 2.75) is 12.5 Å². The maximum Gasteiger partial charge on any atom is 0.337 e. The second-order valence-electron chi connectivity index (χ2n) is 3.89. The molecule has 0 bridgehead atoms. The summed E-state index contributed by atoms with van der Waals surface area (Å²) in [5.74, 6) is -2.04. The molecule has 0 aliphatic rings. The van der Waals surface area contributed by atoms with E-state index in [-0.39, 0.29) is 10.6 Å². The van der Waals surface area contributed by atoms with E-state index in [0.29, 0.717) is 5.02 Å². The summed E-state index contributed by atoms with van der Waals surface area (Å²) in [6, 6.07) is 4.33. The van der Waals surface area contributed by atoms with Crippen molar-refractivity contribution < 1.29 is 19.8 Å². The molecule has 0 saturated carbocycles. The monoisotopic (exact) mass is 291 g/mol. The van der Waals surface area contributed by atoms with Gasteiger partial charge in [0.25, 0.3) is 5.91 Å². The molecule has 0 aliphatic carbocycles. The third-order valence-corrected chi connectivity index (χ3v) is 2.79. The summed E-state index contributed by atoms with van der Waals surface area (Å²) < 4.78 is 0. The van der Waals surface area contributed by atoms with Crippen LogP contribution >= 0.6 is 23.2 Å². The predicted molar refractivity (Wildman–Crippen MR) is 67.1 cm³/mol. The van der Waals surface area contributed by atoms with Gasteiger partial charge < -0.3 is 15.5 Å². The van der Waals surface area contributed by atoms with Gasteiger partial charge in [-0.1, -0.05) is 23.2 Å². The number of halogens is 2. The van der Waals surface area contributed by atoms with E-state index >= 15 is 0 Å². The topological polar surface area (TPSA) is 86.6 Å². The van der Waals surface area contributed by atoms with Crippen molar-refractivity contribution >= 4 is 35.1 Å². The maximum atomic E-state index is 11.7. The van der Waals surface area contributed by atoms with Crippen LogP contribution in [-0.4, -0.2) is 34.2 Å². The number of hydrogen-bond acceptors (Lipinski definition) is 3. The molecule has 1 rings (SSSR count). The van der Waals surface area contributed by atoms with Gasteiger partial charge in [0.2, 0.25) is 0 Å². The van der Waals surface area contributed by atoms with Crippen molar-refractivity contribution in [3.8, 4) is 0 Å². The van der Waals surface area contributed by atoms with E-state index in [0.717, 1.165) is 6.92 Å². The molecule has 5 nitrogen and oxygen atoms in total. The Morgan fingerprint density at radius 3 is 2.56 bits per heavy atom. The van der Waals surface area contributed by atoms with Crippen molar-refractivity contribution in [3.05, 3.63) is 33.8 Å². The molecule has 7 heteroatoms. The van der Waals surface area contributed by atoms with Crippen molar-refractivity contribution in [2.75, 3.05) is 6.54 Å². The van der Waals surface area contributed by atoms with Gasteiger partial charge in [-0.25, -0.2) is 4.79 Å². The van der Waals surface area contributed by atoms with Gasteiger partial charge in [-0.15, -0.1) is 0 Å². The molecule has 0 aliphatic heterocycles. The van der Waals surface area contributed by atoms with Gasteiger partial charge in [0.1, 0.15) is 0 Å². The summed E-state index contributed by atoms with van der Waals surface area (Å²) >= 11 is 11.5. The molecule has 1 unspecified atom stereocenters. The number of carbonyl (C=O) groups is 2. The Morgan fingerprint density at radius 1 is 1.39 bits per heavy atom. The fourth-order valence-electron chi connectivity index (χ4n) is 1.09. The van der Waals surface area contributed by atoms with Crippen LogP contribution in [-0.2, 0) is 4.79 Å². The summed E-state index contributed by atoms with van der Waals surface area (Å²) in [6.45, 7) is 0.638. The van der Waals surface area contributed by atoms with Gasteiger partial charge in [-0.3, -0.25) is 4.79 Å². The molecule has 0 radical (unpaired) electrons. The zero-order valence-corrected chi connectivity index (χ0v) is 10.9. The molecule has 1 amide bonds. The lowest BCUT2D eigenvalue weighted by atomic mass is 10.1. The van der Waals surface area contributed by atoms with E-state index in [2.05, 4.69) is 5.32 Å². The molecule has 0 spiro atoms. The lowest BCUT2D eigenvalue weighted by Gasteiger charge is -2.18. The summed E-state index contributed by atoms with van der Waals surface area (Å²) in [7, 11) is 0. The van der Waals surface area contributed by atoms with Crippen molar-refractivity contribution in [2.24, 2.45) is 0 Å². The second-order valence-corrected chi connectivity index (χ2v) is 4.73. The highest BCUT2D eigenvalue weighted by atomic mass is 35.5. The molecule has 0 saturated heterocycles. The van der Waals surface area contributed by atoms with Crippen LogP contribution in [0.5, 0.6) is 0 Å². The van der Waals surface area contributed by atoms with Crippen LogP contribution in [0.15, 0.2) is 18.2 Å². The summed E-state index contributed by atoms with van der Waals surface area (Å²) in [5.41, 5.74) is -1.92. The Bertz CT molecular complexity index is 488. The lowest BCUT2D eigenvalue weighted by molar-refractivity contribution is -0.155. The third kappa shape index (κ3) is 3.60. The summed E-state index contributed by atoms with van der Waals surface area (Å²) in [4.78, 5) is 22.4. The highest BCUT2D eigenvalue weighted by Crippen LogP contribution is 2.20. The van der Waals surface area contributed by atoms with E-state index in [1.807, 2.05) is 0 Å². The largest absolute Gasteiger partial charge is 0.479 e. The quantitative estimate of drug-likeness (QED) is 0.786. The van der Waals surface area contributed by atoms with Crippen LogP contribution in [0.3, 0.4) is 0 Å². The first-order chi connectivity index (χ1) is 8.24. The SMILES string of the molecule is CC(O)(CNC(=O)c1cc(Cl)ccc1Cl)C(=O)O. The number of hydrogen-bond donors (Lipinski definition) is 3. The number of aliphatic carboxylic acids is 1. The van der Waals surface area contributed by atoms with Crippen LogP contribution in [0.1, 0.15) is 17.3 Å². The predicted octanol–water partition coefficient (Wildman–Crippen LogP) is 1.56. The van der Waals surface area contributed by atoms with Crippen LogP contribution in [0.4, 0.5) is 0 Å². The fraction of sp³-hybridized carbons (Fsp3) is 0.273. The minimum absolute atomic E-state index is 0.116. The smallest absolute Gasteiger partial charge is 0.337 e. The molecular formula is C11H11Cl2NO4. The van der Waals surface area contributed by atoms with E-state index in [1.165, 1.54) is 18.2 Å². The van der Waals surface area contributed by atoms with E-state index in [1.54, 1.807) is 0 Å².